The highest BCUT2D eigenvalue weighted by Crippen LogP contribution is 2.27. The number of nitrogens with one attached hydrogen (secondary N) is 2. The van der Waals surface area contributed by atoms with Crippen LogP contribution in [0.3, 0.4) is 0 Å². The predicted molar refractivity (Wildman–Crippen MR) is 103 cm³/mol. The lowest BCUT2D eigenvalue weighted by Gasteiger charge is -2.24. The molecule has 1 aliphatic heterocycles. The molecule has 3 rings (SSSR count). The highest BCUT2D eigenvalue weighted by molar-refractivity contribution is 7.89. The first-order chi connectivity index (χ1) is 13.4. The van der Waals surface area contributed by atoms with E-state index in [2.05, 4.69) is 10.6 Å². The van der Waals surface area contributed by atoms with Gasteiger partial charge in [-0.25, -0.2) is 8.42 Å². The van der Waals surface area contributed by atoms with Gasteiger partial charge in [0.1, 0.15) is 5.75 Å². The third-order valence-electron chi connectivity index (χ3n) is 5.38. The molecule has 0 aromatic heterocycles. The normalized spacial score (nSPS) is 20.8. The first kappa shape index (κ1) is 20.6. The maximum atomic E-state index is 12.9. The molecule has 1 aliphatic carbocycles. The number of ether oxygens (including phenoxy) is 1. The second kappa shape index (κ2) is 8.91. The molecule has 0 spiro atoms. The van der Waals surface area contributed by atoms with E-state index in [9.17, 15) is 18.0 Å². The maximum absolute atomic E-state index is 12.9. The number of amides is 2. The molecule has 1 unspecified atom stereocenters. The van der Waals surface area contributed by atoms with Crippen LogP contribution in [-0.4, -0.2) is 56.8 Å². The zero-order valence-corrected chi connectivity index (χ0v) is 16.8. The molecular formula is C19H27N3O5S. The Labute approximate surface area is 165 Å². The molecule has 9 heteroatoms. The van der Waals surface area contributed by atoms with Crippen molar-refractivity contribution < 1.29 is 22.7 Å². The standard InChI is InChI=1S/C19H27N3O5S/c1-27-16-8-10-17(11-9-16)28(25,26)22-12-4-7-15(22)13-20-18(23)19(24)21-14-5-2-3-6-14/h8-11,14-15H,2-7,12-13H2,1H3,(H,20,23)(H,21,24). The molecule has 1 saturated carbocycles. The summed E-state index contributed by atoms with van der Waals surface area (Å²) in [6, 6.07) is 5.93. The van der Waals surface area contributed by atoms with Gasteiger partial charge >= 0.3 is 11.8 Å². The Morgan fingerprint density at radius 3 is 2.39 bits per heavy atom. The van der Waals surface area contributed by atoms with Crippen molar-refractivity contribution in [2.45, 2.75) is 55.5 Å². The van der Waals surface area contributed by atoms with Crippen LogP contribution in [0.2, 0.25) is 0 Å². The van der Waals surface area contributed by atoms with Gasteiger partial charge < -0.3 is 15.4 Å². The summed E-state index contributed by atoms with van der Waals surface area (Å²) in [6.45, 7) is 0.509. The highest BCUT2D eigenvalue weighted by atomic mass is 32.2. The van der Waals surface area contributed by atoms with E-state index in [0.717, 1.165) is 25.7 Å². The molecule has 1 aromatic carbocycles. The fourth-order valence-electron chi connectivity index (χ4n) is 3.82. The largest absolute Gasteiger partial charge is 0.497 e. The molecule has 1 aromatic rings. The van der Waals surface area contributed by atoms with Crippen LogP contribution >= 0.6 is 0 Å². The minimum atomic E-state index is -3.67. The van der Waals surface area contributed by atoms with E-state index in [0.29, 0.717) is 25.1 Å². The Hall–Kier alpha value is -2.13. The summed E-state index contributed by atoms with van der Waals surface area (Å²) in [7, 11) is -2.15. The van der Waals surface area contributed by atoms with Gasteiger partial charge in [-0.3, -0.25) is 9.59 Å². The summed E-state index contributed by atoms with van der Waals surface area (Å²) in [5.41, 5.74) is 0. The van der Waals surface area contributed by atoms with E-state index in [-0.39, 0.29) is 23.5 Å². The lowest BCUT2D eigenvalue weighted by molar-refractivity contribution is -0.139. The Morgan fingerprint density at radius 2 is 1.75 bits per heavy atom. The van der Waals surface area contributed by atoms with Crippen LogP contribution in [0.5, 0.6) is 5.75 Å². The van der Waals surface area contributed by atoms with Crippen LogP contribution in [0.4, 0.5) is 0 Å². The smallest absolute Gasteiger partial charge is 0.309 e. The van der Waals surface area contributed by atoms with Gasteiger partial charge in [0.15, 0.2) is 0 Å². The zero-order valence-electron chi connectivity index (χ0n) is 16.0. The van der Waals surface area contributed by atoms with Crippen LogP contribution in [0.1, 0.15) is 38.5 Å². The number of benzene rings is 1. The number of nitrogens with zero attached hydrogens (tertiary/aromatic N) is 1. The third kappa shape index (κ3) is 4.64. The Balaban J connectivity index is 1.58. The number of hydrogen-bond donors (Lipinski definition) is 2. The number of rotatable bonds is 6. The number of carbonyl (C=O) groups excluding carboxylic acids is 2. The Bertz CT molecular complexity index is 803. The van der Waals surface area contributed by atoms with Gasteiger partial charge in [0.05, 0.1) is 12.0 Å². The minimum Gasteiger partial charge on any atom is -0.497 e. The predicted octanol–water partition coefficient (Wildman–Crippen LogP) is 1.02. The average molecular weight is 410 g/mol. The van der Waals surface area contributed by atoms with Crippen molar-refractivity contribution in [1.29, 1.82) is 0 Å². The van der Waals surface area contributed by atoms with Gasteiger partial charge in [-0.05, 0) is 49.9 Å². The van der Waals surface area contributed by atoms with E-state index >= 15 is 0 Å². The van der Waals surface area contributed by atoms with Crippen LogP contribution in [0, 0.1) is 0 Å². The number of methoxy groups -OCH3 is 1. The quantitative estimate of drug-likeness (QED) is 0.683. The number of sulfonamides is 1. The van der Waals surface area contributed by atoms with E-state index in [1.54, 1.807) is 12.1 Å². The lowest BCUT2D eigenvalue weighted by atomic mass is 10.2. The van der Waals surface area contributed by atoms with Gasteiger partial charge in [-0.15, -0.1) is 0 Å². The van der Waals surface area contributed by atoms with Crippen molar-refractivity contribution in [3.05, 3.63) is 24.3 Å². The molecule has 8 nitrogen and oxygen atoms in total. The summed E-state index contributed by atoms with van der Waals surface area (Å²) in [6.07, 6.45) is 5.27. The molecule has 28 heavy (non-hydrogen) atoms. The lowest BCUT2D eigenvalue weighted by Crippen LogP contribution is -2.48. The molecule has 1 heterocycles. The van der Waals surface area contributed by atoms with Crippen LogP contribution in [0.15, 0.2) is 29.2 Å². The van der Waals surface area contributed by atoms with Crippen molar-refractivity contribution in [3.8, 4) is 5.75 Å². The summed E-state index contributed by atoms with van der Waals surface area (Å²) in [4.78, 5) is 24.3. The molecule has 0 bridgehead atoms. The van der Waals surface area contributed by atoms with Crippen molar-refractivity contribution >= 4 is 21.8 Å². The first-order valence-electron chi connectivity index (χ1n) is 9.66. The van der Waals surface area contributed by atoms with Crippen LogP contribution < -0.4 is 15.4 Å². The SMILES string of the molecule is COc1ccc(S(=O)(=O)N2CCCC2CNC(=O)C(=O)NC2CCCC2)cc1. The second-order valence-electron chi connectivity index (χ2n) is 7.25. The highest BCUT2D eigenvalue weighted by Gasteiger charge is 2.35. The number of carbonyl (C=O) groups is 2. The summed E-state index contributed by atoms with van der Waals surface area (Å²) in [5.74, 6) is -0.771. The molecule has 2 N–H and O–H groups in total. The third-order valence-corrected chi connectivity index (χ3v) is 7.35. The fourth-order valence-corrected chi connectivity index (χ4v) is 5.52. The van der Waals surface area contributed by atoms with E-state index in [1.165, 1.54) is 23.5 Å². The van der Waals surface area contributed by atoms with E-state index in [1.807, 2.05) is 0 Å². The molecule has 2 fully saturated rings. The first-order valence-corrected chi connectivity index (χ1v) is 11.1. The van der Waals surface area contributed by atoms with Crippen molar-refractivity contribution in [2.75, 3.05) is 20.2 Å². The van der Waals surface area contributed by atoms with E-state index < -0.39 is 21.8 Å². The van der Waals surface area contributed by atoms with E-state index in [4.69, 9.17) is 4.74 Å². The molecule has 2 aliphatic rings. The zero-order chi connectivity index (χ0) is 20.1. The summed E-state index contributed by atoms with van der Waals surface area (Å²) >= 11 is 0. The maximum Gasteiger partial charge on any atom is 0.309 e. The number of hydrogen-bond acceptors (Lipinski definition) is 5. The van der Waals surface area contributed by atoms with Gasteiger partial charge in [0.25, 0.3) is 0 Å². The monoisotopic (exact) mass is 409 g/mol. The molecule has 1 atom stereocenters. The van der Waals surface area contributed by atoms with Gasteiger partial charge in [-0.1, -0.05) is 12.8 Å². The van der Waals surface area contributed by atoms with Gasteiger partial charge in [-0.2, -0.15) is 4.31 Å². The second-order valence-corrected chi connectivity index (χ2v) is 9.14. The van der Waals surface area contributed by atoms with Crippen LogP contribution in [0.25, 0.3) is 0 Å². The van der Waals surface area contributed by atoms with Gasteiger partial charge in [0.2, 0.25) is 10.0 Å². The molecular weight excluding hydrogens is 382 g/mol. The molecule has 1 saturated heterocycles. The van der Waals surface area contributed by atoms with Crippen molar-refractivity contribution in [2.24, 2.45) is 0 Å². The average Bonchev–Trinajstić information content (AvgIpc) is 3.38. The summed E-state index contributed by atoms with van der Waals surface area (Å²) in [5, 5.41) is 5.33. The topological polar surface area (TPSA) is 105 Å². The fraction of sp³-hybridized carbons (Fsp3) is 0.579. The Kier molecular flexibility index (Phi) is 6.56. The molecule has 154 valence electrons. The van der Waals surface area contributed by atoms with Crippen molar-refractivity contribution in [1.82, 2.24) is 14.9 Å². The van der Waals surface area contributed by atoms with Gasteiger partial charge in [0, 0.05) is 25.2 Å². The summed E-state index contributed by atoms with van der Waals surface area (Å²) < 4.78 is 32.4. The molecule has 2 amide bonds. The van der Waals surface area contributed by atoms with Crippen LogP contribution in [-0.2, 0) is 19.6 Å². The minimum absolute atomic E-state index is 0.0664. The molecule has 0 radical (unpaired) electrons. The Morgan fingerprint density at radius 1 is 1.07 bits per heavy atom. The van der Waals surface area contributed by atoms with Crippen molar-refractivity contribution in [3.63, 3.8) is 0 Å².